The number of nitrogens with one attached hydrogen (secondary N) is 1. The van der Waals surface area contributed by atoms with Gasteiger partial charge in [0.2, 0.25) is 0 Å². The molecule has 0 unspecified atom stereocenters. The van der Waals surface area contributed by atoms with E-state index in [0.717, 1.165) is 0 Å². The van der Waals surface area contributed by atoms with Crippen LogP contribution in [0.15, 0.2) is 18.2 Å². The number of hydrogen-bond donors (Lipinski definition) is 2. The van der Waals surface area contributed by atoms with Gasteiger partial charge in [-0.25, -0.2) is 4.79 Å². The quantitative estimate of drug-likeness (QED) is 0.811. The molecule has 0 aliphatic carbocycles. The van der Waals surface area contributed by atoms with Gasteiger partial charge in [0.05, 0.1) is 7.11 Å². The zero-order chi connectivity index (χ0) is 14.4. The lowest BCUT2D eigenvalue weighted by Gasteiger charge is -2.13. The number of benzene rings is 1. The minimum absolute atomic E-state index is 0.00675. The molecule has 2 N–H and O–H groups in total. The standard InChI is InChI=1S/C13H17NO5/c1-8(2)14-11(15)7-19-12-9(13(16)17)5-4-6-10(12)18-3/h4-6,8H,7H2,1-3H3,(H,14,15)(H,16,17). The monoisotopic (exact) mass is 267 g/mol. The molecule has 1 amide bonds. The number of carbonyl (C=O) groups is 2. The van der Waals surface area contributed by atoms with Crippen molar-refractivity contribution in [2.75, 3.05) is 13.7 Å². The molecule has 6 nitrogen and oxygen atoms in total. The molecule has 19 heavy (non-hydrogen) atoms. The smallest absolute Gasteiger partial charge is 0.339 e. The van der Waals surface area contributed by atoms with Gasteiger partial charge in [-0.05, 0) is 26.0 Å². The lowest BCUT2D eigenvalue weighted by molar-refractivity contribution is -0.123. The zero-order valence-electron chi connectivity index (χ0n) is 11.1. The summed E-state index contributed by atoms with van der Waals surface area (Å²) in [5.74, 6) is -1.14. The molecule has 0 fully saturated rings. The third-order valence-corrected chi connectivity index (χ3v) is 2.23. The fourth-order valence-corrected chi connectivity index (χ4v) is 1.50. The second-order valence-electron chi connectivity index (χ2n) is 4.15. The molecule has 0 radical (unpaired) electrons. The summed E-state index contributed by atoms with van der Waals surface area (Å²) in [5.41, 5.74) is -0.0447. The van der Waals surface area contributed by atoms with Gasteiger partial charge in [-0.1, -0.05) is 6.07 Å². The highest BCUT2D eigenvalue weighted by Gasteiger charge is 2.17. The normalized spacial score (nSPS) is 10.1. The summed E-state index contributed by atoms with van der Waals surface area (Å²) in [6.07, 6.45) is 0. The second-order valence-corrected chi connectivity index (χ2v) is 4.15. The van der Waals surface area contributed by atoms with Crippen molar-refractivity contribution in [2.24, 2.45) is 0 Å². The molecular weight excluding hydrogens is 250 g/mol. The molecule has 0 bridgehead atoms. The maximum atomic E-state index is 11.5. The zero-order valence-corrected chi connectivity index (χ0v) is 11.1. The number of aromatic carboxylic acids is 1. The van der Waals surface area contributed by atoms with Crippen LogP contribution in [0.5, 0.6) is 11.5 Å². The maximum absolute atomic E-state index is 11.5. The predicted octanol–water partition coefficient (Wildman–Crippen LogP) is 1.30. The minimum Gasteiger partial charge on any atom is -0.493 e. The van der Waals surface area contributed by atoms with E-state index in [2.05, 4.69) is 5.32 Å². The van der Waals surface area contributed by atoms with E-state index in [1.54, 1.807) is 12.1 Å². The Kier molecular flexibility index (Phi) is 5.17. The van der Waals surface area contributed by atoms with Gasteiger partial charge in [-0.2, -0.15) is 0 Å². The maximum Gasteiger partial charge on any atom is 0.339 e. The van der Waals surface area contributed by atoms with E-state index < -0.39 is 5.97 Å². The highest BCUT2D eigenvalue weighted by molar-refractivity contribution is 5.92. The Hall–Kier alpha value is -2.24. The fourth-order valence-electron chi connectivity index (χ4n) is 1.50. The summed E-state index contributed by atoms with van der Waals surface area (Å²) in [7, 11) is 1.40. The van der Waals surface area contributed by atoms with E-state index in [1.165, 1.54) is 13.2 Å². The largest absolute Gasteiger partial charge is 0.493 e. The summed E-state index contributed by atoms with van der Waals surface area (Å²) in [5, 5.41) is 11.7. The summed E-state index contributed by atoms with van der Waals surface area (Å²) in [6, 6.07) is 4.50. The number of amides is 1. The van der Waals surface area contributed by atoms with Crippen LogP contribution in [0.4, 0.5) is 0 Å². The number of carboxylic acid groups (broad SMARTS) is 1. The first-order chi connectivity index (χ1) is 8.95. The Balaban J connectivity index is 2.87. The number of ether oxygens (including phenoxy) is 2. The summed E-state index contributed by atoms with van der Waals surface area (Å²) in [4.78, 5) is 22.6. The van der Waals surface area contributed by atoms with Crippen molar-refractivity contribution >= 4 is 11.9 Å². The Morgan fingerprint density at radius 2 is 2.05 bits per heavy atom. The number of hydrogen-bond acceptors (Lipinski definition) is 4. The predicted molar refractivity (Wildman–Crippen MR) is 68.7 cm³/mol. The first-order valence-corrected chi connectivity index (χ1v) is 5.78. The Morgan fingerprint density at radius 1 is 1.37 bits per heavy atom. The fraction of sp³-hybridized carbons (Fsp3) is 0.385. The average molecular weight is 267 g/mol. The number of methoxy groups -OCH3 is 1. The van der Waals surface area contributed by atoms with Crippen molar-refractivity contribution in [2.45, 2.75) is 19.9 Å². The molecule has 1 aromatic carbocycles. The van der Waals surface area contributed by atoms with Crippen molar-refractivity contribution in [3.05, 3.63) is 23.8 Å². The number of carboxylic acids is 1. The van der Waals surface area contributed by atoms with Crippen LogP contribution in [0.2, 0.25) is 0 Å². The van der Waals surface area contributed by atoms with Crippen LogP contribution in [0.1, 0.15) is 24.2 Å². The molecule has 0 saturated carbocycles. The summed E-state index contributed by atoms with van der Waals surface area (Å²) < 4.78 is 10.3. The van der Waals surface area contributed by atoms with Crippen LogP contribution in [0.3, 0.4) is 0 Å². The number of para-hydroxylation sites is 1. The van der Waals surface area contributed by atoms with Crippen LogP contribution in [0, 0.1) is 0 Å². The molecule has 0 aromatic heterocycles. The molecule has 1 rings (SSSR count). The van der Waals surface area contributed by atoms with Gasteiger partial charge < -0.3 is 19.9 Å². The lowest BCUT2D eigenvalue weighted by atomic mass is 10.2. The van der Waals surface area contributed by atoms with Crippen LogP contribution < -0.4 is 14.8 Å². The second kappa shape index (κ2) is 6.63. The van der Waals surface area contributed by atoms with Gasteiger partial charge in [-0.3, -0.25) is 4.79 Å². The van der Waals surface area contributed by atoms with E-state index in [4.69, 9.17) is 14.6 Å². The third kappa shape index (κ3) is 4.17. The molecule has 0 heterocycles. The van der Waals surface area contributed by atoms with Crippen molar-refractivity contribution in [1.82, 2.24) is 5.32 Å². The minimum atomic E-state index is -1.14. The molecule has 1 aromatic rings. The van der Waals surface area contributed by atoms with Crippen LogP contribution >= 0.6 is 0 Å². The number of rotatable bonds is 6. The van der Waals surface area contributed by atoms with E-state index in [1.807, 2.05) is 13.8 Å². The highest BCUT2D eigenvalue weighted by atomic mass is 16.5. The molecular formula is C13H17NO5. The van der Waals surface area contributed by atoms with Gasteiger partial charge >= 0.3 is 5.97 Å². The Bertz CT molecular complexity index is 470. The topological polar surface area (TPSA) is 84.9 Å². The lowest BCUT2D eigenvalue weighted by Crippen LogP contribution is -2.34. The van der Waals surface area contributed by atoms with Crippen molar-refractivity contribution in [3.8, 4) is 11.5 Å². The SMILES string of the molecule is COc1cccc(C(=O)O)c1OCC(=O)NC(C)C. The third-order valence-electron chi connectivity index (χ3n) is 2.23. The van der Waals surface area contributed by atoms with Crippen LogP contribution in [-0.2, 0) is 4.79 Å². The first kappa shape index (κ1) is 14.8. The van der Waals surface area contributed by atoms with Crippen molar-refractivity contribution in [3.63, 3.8) is 0 Å². The summed E-state index contributed by atoms with van der Waals surface area (Å²) >= 11 is 0. The molecule has 104 valence electrons. The van der Waals surface area contributed by atoms with Crippen molar-refractivity contribution in [1.29, 1.82) is 0 Å². The Morgan fingerprint density at radius 3 is 2.58 bits per heavy atom. The molecule has 0 aliphatic rings. The highest BCUT2D eigenvalue weighted by Crippen LogP contribution is 2.30. The van der Waals surface area contributed by atoms with Crippen LogP contribution in [0.25, 0.3) is 0 Å². The molecule has 6 heteroatoms. The molecule has 0 atom stereocenters. The van der Waals surface area contributed by atoms with E-state index >= 15 is 0 Å². The molecule has 0 saturated heterocycles. The van der Waals surface area contributed by atoms with Gasteiger partial charge in [0.15, 0.2) is 18.1 Å². The van der Waals surface area contributed by atoms with E-state index in [0.29, 0.717) is 0 Å². The van der Waals surface area contributed by atoms with Gasteiger partial charge in [0.1, 0.15) is 5.56 Å². The van der Waals surface area contributed by atoms with Crippen molar-refractivity contribution < 1.29 is 24.2 Å². The molecule has 0 spiro atoms. The summed E-state index contributed by atoms with van der Waals surface area (Å²) in [6.45, 7) is 3.38. The number of carbonyl (C=O) groups excluding carboxylic acids is 1. The first-order valence-electron chi connectivity index (χ1n) is 5.78. The van der Waals surface area contributed by atoms with Gasteiger partial charge in [0, 0.05) is 6.04 Å². The van der Waals surface area contributed by atoms with E-state index in [-0.39, 0.29) is 35.6 Å². The molecule has 0 aliphatic heterocycles. The Labute approximate surface area is 111 Å². The van der Waals surface area contributed by atoms with E-state index in [9.17, 15) is 9.59 Å². The van der Waals surface area contributed by atoms with Gasteiger partial charge in [-0.15, -0.1) is 0 Å². The average Bonchev–Trinajstić information content (AvgIpc) is 2.34. The van der Waals surface area contributed by atoms with Gasteiger partial charge in [0.25, 0.3) is 5.91 Å². The van der Waals surface area contributed by atoms with Crippen LogP contribution in [-0.4, -0.2) is 36.7 Å².